The van der Waals surface area contributed by atoms with E-state index in [1.807, 2.05) is 0 Å². The minimum absolute atomic E-state index is 0.913. The second-order valence-corrected chi connectivity index (χ2v) is 5.33. The van der Waals surface area contributed by atoms with Crippen LogP contribution in [0.4, 0.5) is 0 Å². The predicted octanol–water partition coefficient (Wildman–Crippen LogP) is 5.62. The molecule has 1 aromatic carbocycles. The first-order chi connectivity index (χ1) is 8.33. The third-order valence-electron chi connectivity index (χ3n) is 3.56. The molecule has 0 N–H and O–H groups in total. The van der Waals surface area contributed by atoms with E-state index >= 15 is 0 Å². The summed E-state index contributed by atoms with van der Waals surface area (Å²) >= 11 is 0. The van der Waals surface area contributed by atoms with Crippen molar-refractivity contribution in [2.45, 2.75) is 65.2 Å². The van der Waals surface area contributed by atoms with Crippen LogP contribution in [0.1, 0.15) is 64.4 Å². The first-order valence-corrected chi connectivity index (χ1v) is 7.37. The van der Waals surface area contributed by atoms with Crippen molar-refractivity contribution < 1.29 is 0 Å². The summed E-state index contributed by atoms with van der Waals surface area (Å²) in [6, 6.07) is 10.9. The minimum Gasteiger partial charge on any atom is -0.0654 e. The monoisotopic (exact) mass is 232 g/mol. The first-order valence-electron chi connectivity index (χ1n) is 7.37. The van der Waals surface area contributed by atoms with Crippen molar-refractivity contribution in [3.05, 3.63) is 35.9 Å². The molecule has 1 aromatic rings. The first kappa shape index (κ1) is 14.3. The molecule has 0 saturated carbocycles. The van der Waals surface area contributed by atoms with E-state index < -0.39 is 0 Å². The molecule has 0 heteroatoms. The van der Waals surface area contributed by atoms with Gasteiger partial charge >= 0.3 is 0 Å². The molecule has 0 spiro atoms. The second-order valence-electron chi connectivity index (χ2n) is 5.33. The zero-order chi connectivity index (χ0) is 12.3. The summed E-state index contributed by atoms with van der Waals surface area (Å²) < 4.78 is 0. The molecule has 0 aliphatic rings. The van der Waals surface area contributed by atoms with Gasteiger partial charge in [-0.3, -0.25) is 0 Å². The molecule has 0 aromatic heterocycles. The molecule has 0 radical (unpaired) electrons. The van der Waals surface area contributed by atoms with Gasteiger partial charge in [0.2, 0.25) is 0 Å². The lowest BCUT2D eigenvalue weighted by molar-refractivity contribution is 0.447. The largest absolute Gasteiger partial charge is 0.0654 e. The molecule has 0 fully saturated rings. The van der Waals surface area contributed by atoms with Crippen LogP contribution in [0.25, 0.3) is 0 Å². The second kappa shape index (κ2) is 9.27. The fourth-order valence-corrected chi connectivity index (χ4v) is 2.36. The van der Waals surface area contributed by atoms with E-state index in [0.717, 1.165) is 5.92 Å². The van der Waals surface area contributed by atoms with Crippen LogP contribution in [-0.4, -0.2) is 0 Å². The Morgan fingerprint density at radius 1 is 0.882 bits per heavy atom. The third kappa shape index (κ3) is 7.20. The molecule has 0 aliphatic heterocycles. The van der Waals surface area contributed by atoms with Gasteiger partial charge in [-0.15, -0.1) is 0 Å². The van der Waals surface area contributed by atoms with Gasteiger partial charge in [0.15, 0.2) is 0 Å². The van der Waals surface area contributed by atoms with Crippen LogP contribution in [-0.2, 0) is 6.42 Å². The van der Waals surface area contributed by atoms with Crippen LogP contribution in [0, 0.1) is 5.92 Å². The topological polar surface area (TPSA) is 0 Å². The molecule has 0 amide bonds. The molecule has 1 atom stereocenters. The van der Waals surface area contributed by atoms with Gasteiger partial charge in [-0.25, -0.2) is 0 Å². The molecule has 0 aliphatic carbocycles. The zero-order valence-electron chi connectivity index (χ0n) is 11.6. The smallest absolute Gasteiger partial charge is 0.0279 e. The van der Waals surface area contributed by atoms with Crippen LogP contribution < -0.4 is 0 Å². The third-order valence-corrected chi connectivity index (χ3v) is 3.56. The number of benzene rings is 1. The Morgan fingerprint density at radius 3 is 2.29 bits per heavy atom. The van der Waals surface area contributed by atoms with Gasteiger partial charge in [0.1, 0.15) is 0 Å². The molecule has 0 saturated heterocycles. The van der Waals surface area contributed by atoms with Crippen LogP contribution in [0.15, 0.2) is 30.3 Å². The highest BCUT2D eigenvalue weighted by Gasteiger charge is 2.02. The molecule has 0 bridgehead atoms. The summed E-state index contributed by atoms with van der Waals surface area (Å²) in [5, 5.41) is 0. The molecular formula is C17H28. The van der Waals surface area contributed by atoms with E-state index in [1.165, 1.54) is 56.9 Å². The molecule has 0 nitrogen and oxygen atoms in total. The van der Waals surface area contributed by atoms with Gasteiger partial charge in [-0.1, -0.05) is 82.7 Å². The Hall–Kier alpha value is -0.780. The summed E-state index contributed by atoms with van der Waals surface area (Å²) in [4.78, 5) is 0. The van der Waals surface area contributed by atoms with Gasteiger partial charge in [0.25, 0.3) is 0 Å². The fraction of sp³-hybridized carbons (Fsp3) is 0.647. The van der Waals surface area contributed by atoms with Gasteiger partial charge in [0, 0.05) is 0 Å². The van der Waals surface area contributed by atoms with Crippen molar-refractivity contribution in [3.63, 3.8) is 0 Å². The lowest BCUT2D eigenvalue weighted by Crippen LogP contribution is -1.96. The lowest BCUT2D eigenvalue weighted by Gasteiger charge is -2.10. The van der Waals surface area contributed by atoms with Crippen LogP contribution >= 0.6 is 0 Å². The molecule has 1 unspecified atom stereocenters. The molecule has 17 heavy (non-hydrogen) atoms. The van der Waals surface area contributed by atoms with Gasteiger partial charge in [-0.05, 0) is 24.3 Å². The Bertz CT molecular complexity index is 263. The maximum Gasteiger partial charge on any atom is -0.0279 e. The average molecular weight is 232 g/mol. The van der Waals surface area contributed by atoms with Crippen LogP contribution in [0.2, 0.25) is 0 Å². The Kier molecular flexibility index (Phi) is 7.79. The number of aryl methyl sites for hydroxylation is 1. The summed E-state index contributed by atoms with van der Waals surface area (Å²) in [5.41, 5.74) is 1.49. The standard InChI is InChI=1S/C17H28/c1-3-4-5-7-11-16(2)12-10-15-17-13-8-6-9-14-17/h6,8-9,13-14,16H,3-5,7,10-12,15H2,1-2H3. The predicted molar refractivity (Wildman–Crippen MR) is 77.3 cm³/mol. The van der Waals surface area contributed by atoms with E-state index in [2.05, 4.69) is 44.2 Å². The molecule has 96 valence electrons. The minimum atomic E-state index is 0.913. The van der Waals surface area contributed by atoms with E-state index in [9.17, 15) is 0 Å². The maximum absolute atomic E-state index is 2.41. The number of unbranched alkanes of at least 4 members (excludes halogenated alkanes) is 3. The number of hydrogen-bond acceptors (Lipinski definition) is 0. The van der Waals surface area contributed by atoms with Crippen molar-refractivity contribution >= 4 is 0 Å². The highest BCUT2D eigenvalue weighted by atomic mass is 14.1. The Balaban J connectivity index is 2.02. The van der Waals surface area contributed by atoms with Crippen LogP contribution in [0.5, 0.6) is 0 Å². The lowest BCUT2D eigenvalue weighted by atomic mass is 9.96. The molecule has 1 rings (SSSR count). The van der Waals surface area contributed by atoms with Gasteiger partial charge < -0.3 is 0 Å². The maximum atomic E-state index is 2.41. The van der Waals surface area contributed by atoms with Gasteiger partial charge in [-0.2, -0.15) is 0 Å². The Morgan fingerprint density at radius 2 is 1.59 bits per heavy atom. The number of rotatable bonds is 9. The van der Waals surface area contributed by atoms with E-state index in [1.54, 1.807) is 0 Å². The highest BCUT2D eigenvalue weighted by Crippen LogP contribution is 2.17. The SMILES string of the molecule is CCCCCCC(C)CCCc1ccccc1. The summed E-state index contributed by atoms with van der Waals surface area (Å²) in [6.07, 6.45) is 11.0. The summed E-state index contributed by atoms with van der Waals surface area (Å²) in [7, 11) is 0. The van der Waals surface area contributed by atoms with Crippen molar-refractivity contribution in [1.82, 2.24) is 0 Å². The van der Waals surface area contributed by atoms with Crippen molar-refractivity contribution in [2.75, 3.05) is 0 Å². The van der Waals surface area contributed by atoms with Crippen LogP contribution in [0.3, 0.4) is 0 Å². The van der Waals surface area contributed by atoms with E-state index in [4.69, 9.17) is 0 Å². The molecular weight excluding hydrogens is 204 g/mol. The fourth-order valence-electron chi connectivity index (χ4n) is 2.36. The Labute approximate surface area is 107 Å². The van der Waals surface area contributed by atoms with Crippen molar-refractivity contribution in [2.24, 2.45) is 5.92 Å². The summed E-state index contributed by atoms with van der Waals surface area (Å²) in [5.74, 6) is 0.913. The summed E-state index contributed by atoms with van der Waals surface area (Å²) in [6.45, 7) is 4.69. The van der Waals surface area contributed by atoms with Crippen molar-refractivity contribution in [3.8, 4) is 0 Å². The molecule has 0 heterocycles. The van der Waals surface area contributed by atoms with E-state index in [0.29, 0.717) is 0 Å². The number of hydrogen-bond donors (Lipinski definition) is 0. The average Bonchev–Trinajstić information content (AvgIpc) is 2.36. The zero-order valence-corrected chi connectivity index (χ0v) is 11.6. The normalized spacial score (nSPS) is 12.6. The van der Waals surface area contributed by atoms with E-state index in [-0.39, 0.29) is 0 Å². The van der Waals surface area contributed by atoms with Crippen molar-refractivity contribution in [1.29, 1.82) is 0 Å². The quantitative estimate of drug-likeness (QED) is 0.485. The van der Waals surface area contributed by atoms with Gasteiger partial charge in [0.05, 0.1) is 0 Å². The highest BCUT2D eigenvalue weighted by molar-refractivity contribution is 5.14.